The number of fused-ring (bicyclic) bond motifs is 1. The Morgan fingerprint density at radius 3 is 2.26 bits per heavy atom. The van der Waals surface area contributed by atoms with Crippen LogP contribution in [0.2, 0.25) is 0 Å². The summed E-state index contributed by atoms with van der Waals surface area (Å²) in [6.45, 7) is 4.46. The van der Waals surface area contributed by atoms with Gasteiger partial charge in [-0.2, -0.15) is 0 Å². The molecule has 1 amide bonds. The van der Waals surface area contributed by atoms with E-state index in [2.05, 4.69) is 22.3 Å². The molecule has 0 saturated heterocycles. The van der Waals surface area contributed by atoms with Gasteiger partial charge in [0.05, 0.1) is 12.2 Å². The number of anilines is 1. The van der Waals surface area contributed by atoms with Gasteiger partial charge in [0.25, 0.3) is 5.91 Å². The summed E-state index contributed by atoms with van der Waals surface area (Å²) in [6.07, 6.45) is 0.730. The van der Waals surface area contributed by atoms with Gasteiger partial charge in [-0.15, -0.1) is 23.7 Å². The maximum Gasteiger partial charge on any atom is 0.341 e. The first-order valence-electron chi connectivity index (χ1n) is 12.3. The van der Waals surface area contributed by atoms with Crippen molar-refractivity contribution in [2.75, 3.05) is 18.5 Å². The SMILES string of the molecule is CCOC(=O)c1c(NC(=O)c2ccc(Oc3ccccc3)cc2)sc2c1CCN(Cc1ccccc1)C2.Cl. The number of carbonyl (C=O) groups is 2. The number of halogens is 1. The fraction of sp³-hybridized carbons (Fsp3) is 0.200. The number of hydrogen-bond acceptors (Lipinski definition) is 6. The minimum atomic E-state index is -0.390. The molecule has 0 spiro atoms. The second-order valence-electron chi connectivity index (χ2n) is 8.77. The quantitative estimate of drug-likeness (QED) is 0.241. The van der Waals surface area contributed by atoms with Crippen molar-refractivity contribution < 1.29 is 19.1 Å². The standard InChI is InChI=1S/C30H28N2O4S.ClH/c1-2-35-30(34)27-25-17-18-32(19-21-9-5-3-6-10-21)20-26(25)37-29(27)31-28(33)22-13-15-24(16-14-22)36-23-11-7-4-8-12-23;/h3-16H,2,17-20H2,1H3,(H,31,33);1H. The summed E-state index contributed by atoms with van der Waals surface area (Å²) in [5.74, 6) is 0.694. The summed E-state index contributed by atoms with van der Waals surface area (Å²) in [5, 5.41) is 3.52. The van der Waals surface area contributed by atoms with Crippen LogP contribution in [0.3, 0.4) is 0 Å². The highest BCUT2D eigenvalue weighted by Gasteiger charge is 2.29. The van der Waals surface area contributed by atoms with Crippen molar-refractivity contribution in [2.24, 2.45) is 0 Å². The average Bonchev–Trinajstić information content (AvgIpc) is 3.27. The Morgan fingerprint density at radius 2 is 1.58 bits per heavy atom. The monoisotopic (exact) mass is 548 g/mol. The van der Waals surface area contributed by atoms with E-state index in [0.29, 0.717) is 21.9 Å². The lowest BCUT2D eigenvalue weighted by Gasteiger charge is -2.27. The van der Waals surface area contributed by atoms with Crippen molar-refractivity contribution in [1.82, 2.24) is 4.90 Å². The molecule has 8 heteroatoms. The van der Waals surface area contributed by atoms with Crippen LogP contribution in [-0.4, -0.2) is 29.9 Å². The van der Waals surface area contributed by atoms with Crippen LogP contribution >= 0.6 is 23.7 Å². The Balaban J connectivity index is 0.00000336. The normalized spacial score (nSPS) is 12.7. The van der Waals surface area contributed by atoms with Gasteiger partial charge in [0.2, 0.25) is 0 Å². The van der Waals surface area contributed by atoms with Gasteiger partial charge in [0.1, 0.15) is 16.5 Å². The second kappa shape index (κ2) is 12.7. The van der Waals surface area contributed by atoms with Gasteiger partial charge >= 0.3 is 5.97 Å². The lowest BCUT2D eigenvalue weighted by Crippen LogP contribution is -2.29. The van der Waals surface area contributed by atoms with Gasteiger partial charge in [0.15, 0.2) is 0 Å². The van der Waals surface area contributed by atoms with Crippen molar-refractivity contribution in [2.45, 2.75) is 26.4 Å². The number of para-hydroxylation sites is 1. The largest absolute Gasteiger partial charge is 0.462 e. The molecule has 1 aromatic heterocycles. The minimum Gasteiger partial charge on any atom is -0.462 e. The Kier molecular flexibility index (Phi) is 9.18. The number of esters is 1. The van der Waals surface area contributed by atoms with Gasteiger partial charge in [-0.1, -0.05) is 48.5 Å². The fourth-order valence-electron chi connectivity index (χ4n) is 4.41. The van der Waals surface area contributed by atoms with Gasteiger partial charge < -0.3 is 14.8 Å². The van der Waals surface area contributed by atoms with E-state index in [1.165, 1.54) is 16.9 Å². The molecule has 0 saturated carbocycles. The highest BCUT2D eigenvalue weighted by atomic mass is 35.5. The van der Waals surface area contributed by atoms with Crippen molar-refractivity contribution >= 4 is 40.6 Å². The van der Waals surface area contributed by atoms with Crippen LogP contribution in [0, 0.1) is 0 Å². The first-order valence-corrected chi connectivity index (χ1v) is 13.1. The molecule has 0 radical (unpaired) electrons. The minimum absolute atomic E-state index is 0. The molecule has 38 heavy (non-hydrogen) atoms. The van der Waals surface area contributed by atoms with Crippen molar-refractivity contribution in [3.8, 4) is 11.5 Å². The Morgan fingerprint density at radius 1 is 0.921 bits per heavy atom. The molecule has 0 bridgehead atoms. The third-order valence-corrected chi connectivity index (χ3v) is 7.32. The Labute approximate surface area is 232 Å². The number of carbonyl (C=O) groups excluding carboxylic acids is 2. The Bertz CT molecular complexity index is 1370. The molecule has 4 aromatic rings. The van der Waals surface area contributed by atoms with E-state index in [0.717, 1.165) is 42.2 Å². The topological polar surface area (TPSA) is 67.9 Å². The lowest BCUT2D eigenvalue weighted by atomic mass is 10.0. The van der Waals surface area contributed by atoms with E-state index in [1.807, 2.05) is 48.5 Å². The zero-order chi connectivity index (χ0) is 25.6. The van der Waals surface area contributed by atoms with E-state index in [4.69, 9.17) is 9.47 Å². The molecule has 196 valence electrons. The molecule has 2 heterocycles. The van der Waals surface area contributed by atoms with E-state index in [1.54, 1.807) is 31.2 Å². The van der Waals surface area contributed by atoms with Gasteiger partial charge in [0, 0.05) is 30.1 Å². The van der Waals surface area contributed by atoms with Crippen LogP contribution in [0.15, 0.2) is 84.9 Å². The summed E-state index contributed by atoms with van der Waals surface area (Å²) in [4.78, 5) is 29.5. The maximum atomic E-state index is 13.1. The number of nitrogens with one attached hydrogen (secondary N) is 1. The highest BCUT2D eigenvalue weighted by Crippen LogP contribution is 2.38. The maximum absolute atomic E-state index is 13.1. The molecule has 5 rings (SSSR count). The van der Waals surface area contributed by atoms with Gasteiger partial charge in [-0.25, -0.2) is 4.79 Å². The van der Waals surface area contributed by atoms with Crippen LogP contribution in [0.4, 0.5) is 5.00 Å². The molecule has 0 atom stereocenters. The first-order chi connectivity index (χ1) is 18.1. The first kappa shape index (κ1) is 27.4. The zero-order valence-corrected chi connectivity index (χ0v) is 22.6. The van der Waals surface area contributed by atoms with Crippen LogP contribution in [0.1, 0.15) is 43.6 Å². The summed E-state index contributed by atoms with van der Waals surface area (Å²) in [7, 11) is 0. The second-order valence-corrected chi connectivity index (χ2v) is 9.87. The smallest absolute Gasteiger partial charge is 0.341 e. The number of nitrogens with zero attached hydrogens (tertiary/aromatic N) is 1. The van der Waals surface area contributed by atoms with Crippen LogP contribution in [0.25, 0.3) is 0 Å². The van der Waals surface area contributed by atoms with Crippen molar-refractivity contribution in [3.05, 3.63) is 112 Å². The zero-order valence-electron chi connectivity index (χ0n) is 21.0. The molecule has 6 nitrogen and oxygen atoms in total. The molecule has 1 aliphatic heterocycles. The predicted octanol–water partition coefficient (Wildman–Crippen LogP) is 6.95. The number of rotatable bonds is 8. The molecule has 0 unspecified atom stereocenters. The Hall–Kier alpha value is -3.65. The van der Waals surface area contributed by atoms with E-state index in [-0.39, 0.29) is 24.9 Å². The van der Waals surface area contributed by atoms with E-state index in [9.17, 15) is 9.59 Å². The number of thiophene rings is 1. The summed E-state index contributed by atoms with van der Waals surface area (Å²) >= 11 is 1.46. The number of amides is 1. The molecule has 3 aromatic carbocycles. The van der Waals surface area contributed by atoms with Crippen LogP contribution in [0.5, 0.6) is 11.5 Å². The molecule has 1 N–H and O–H groups in total. The summed E-state index contributed by atoms with van der Waals surface area (Å²) in [5.41, 5.74) is 3.20. The number of ether oxygens (including phenoxy) is 2. The summed E-state index contributed by atoms with van der Waals surface area (Å²) < 4.78 is 11.2. The van der Waals surface area contributed by atoms with E-state index < -0.39 is 5.97 Å². The van der Waals surface area contributed by atoms with Crippen molar-refractivity contribution in [1.29, 1.82) is 0 Å². The van der Waals surface area contributed by atoms with Gasteiger partial charge in [-0.05, 0) is 60.9 Å². The number of benzene rings is 3. The predicted molar refractivity (Wildman–Crippen MR) is 153 cm³/mol. The van der Waals surface area contributed by atoms with Crippen molar-refractivity contribution in [3.63, 3.8) is 0 Å². The van der Waals surface area contributed by atoms with Crippen LogP contribution in [-0.2, 0) is 24.2 Å². The third-order valence-electron chi connectivity index (χ3n) is 6.19. The number of hydrogen-bond donors (Lipinski definition) is 1. The van der Waals surface area contributed by atoms with Crippen LogP contribution < -0.4 is 10.1 Å². The van der Waals surface area contributed by atoms with Gasteiger partial charge in [-0.3, -0.25) is 9.69 Å². The summed E-state index contributed by atoms with van der Waals surface area (Å²) in [6, 6.07) is 26.8. The van der Waals surface area contributed by atoms with E-state index >= 15 is 0 Å². The average molecular weight is 549 g/mol. The molecular weight excluding hydrogens is 520 g/mol. The molecule has 1 aliphatic rings. The molecule has 0 fully saturated rings. The molecule has 0 aliphatic carbocycles. The third kappa shape index (κ3) is 6.42. The molecular formula is C30H29ClN2O4S. The lowest BCUT2D eigenvalue weighted by molar-refractivity contribution is 0.0526. The highest BCUT2D eigenvalue weighted by molar-refractivity contribution is 7.17. The fourth-order valence-corrected chi connectivity index (χ4v) is 5.69.